The van der Waals surface area contributed by atoms with Crippen LogP contribution in [0.2, 0.25) is 0 Å². The Hall–Kier alpha value is -1.26. The van der Waals surface area contributed by atoms with Crippen molar-refractivity contribution in [3.8, 4) is 11.5 Å². The van der Waals surface area contributed by atoms with Crippen molar-refractivity contribution in [1.82, 2.24) is 4.90 Å². The van der Waals surface area contributed by atoms with Gasteiger partial charge in [-0.2, -0.15) is 0 Å². The second kappa shape index (κ2) is 6.07. The normalized spacial score (nSPS) is 14.9. The van der Waals surface area contributed by atoms with E-state index in [1.807, 2.05) is 25.9 Å². The van der Waals surface area contributed by atoms with Gasteiger partial charge in [0.1, 0.15) is 13.2 Å². The van der Waals surface area contributed by atoms with E-state index >= 15 is 0 Å². The van der Waals surface area contributed by atoms with Crippen LogP contribution in [0.5, 0.6) is 11.5 Å². The maximum absolute atomic E-state index is 12.1. The van der Waals surface area contributed by atoms with Crippen molar-refractivity contribution in [2.45, 2.75) is 13.0 Å². The lowest BCUT2D eigenvalue weighted by atomic mass is 10.0. The summed E-state index contributed by atoms with van der Waals surface area (Å²) in [7, 11) is 3.78. The number of hydrogen-bond donors (Lipinski definition) is 0. The zero-order valence-corrected chi connectivity index (χ0v) is 11.5. The summed E-state index contributed by atoms with van der Waals surface area (Å²) < 4.78 is 10.9. The topological polar surface area (TPSA) is 38.8 Å². The van der Waals surface area contributed by atoms with Gasteiger partial charge in [-0.05, 0) is 39.2 Å². The number of ketones is 1. The zero-order chi connectivity index (χ0) is 12.4. The van der Waals surface area contributed by atoms with Gasteiger partial charge in [0.05, 0.1) is 6.04 Å². The lowest BCUT2D eigenvalue weighted by molar-refractivity contribution is -0.0000123. The molecule has 0 saturated carbocycles. The van der Waals surface area contributed by atoms with Crippen LogP contribution < -0.4 is 21.9 Å². The highest BCUT2D eigenvalue weighted by molar-refractivity contribution is 6.00. The van der Waals surface area contributed by atoms with Crippen LogP contribution in [0, 0.1) is 0 Å². The molecule has 0 fully saturated rings. The third-order valence-electron chi connectivity index (χ3n) is 2.98. The van der Waals surface area contributed by atoms with Gasteiger partial charge in [-0.15, -0.1) is 0 Å². The Kier molecular flexibility index (Phi) is 4.99. The van der Waals surface area contributed by atoms with Gasteiger partial charge >= 0.3 is 0 Å². The van der Waals surface area contributed by atoms with E-state index in [0.717, 1.165) is 0 Å². The van der Waals surface area contributed by atoms with E-state index in [9.17, 15) is 4.79 Å². The maximum atomic E-state index is 12.1. The molecular formula is C13H17ClNO3-. The molecule has 0 amide bonds. The number of carbonyl (C=O) groups is 1. The Bertz CT molecular complexity index is 434. The average molecular weight is 271 g/mol. The fraction of sp³-hybridized carbons (Fsp3) is 0.462. The molecule has 0 saturated heterocycles. The van der Waals surface area contributed by atoms with E-state index in [2.05, 4.69) is 0 Å². The van der Waals surface area contributed by atoms with E-state index in [1.54, 1.807) is 18.2 Å². The predicted octanol–water partition coefficient (Wildman–Crippen LogP) is -1.41. The summed E-state index contributed by atoms with van der Waals surface area (Å²) in [4.78, 5) is 14.0. The Morgan fingerprint density at radius 2 is 1.83 bits per heavy atom. The first-order valence-corrected chi connectivity index (χ1v) is 5.70. The quantitative estimate of drug-likeness (QED) is 0.633. The zero-order valence-electron chi connectivity index (χ0n) is 10.8. The lowest BCUT2D eigenvalue weighted by Crippen LogP contribution is -3.00. The molecule has 0 aliphatic carbocycles. The molecule has 4 nitrogen and oxygen atoms in total. The first-order valence-electron chi connectivity index (χ1n) is 5.70. The van der Waals surface area contributed by atoms with Crippen LogP contribution >= 0.6 is 0 Å². The van der Waals surface area contributed by atoms with Gasteiger partial charge in [-0.3, -0.25) is 9.69 Å². The molecule has 0 aromatic heterocycles. The van der Waals surface area contributed by atoms with Gasteiger partial charge in [-0.25, -0.2) is 0 Å². The Morgan fingerprint density at radius 3 is 2.44 bits per heavy atom. The monoisotopic (exact) mass is 270 g/mol. The summed E-state index contributed by atoms with van der Waals surface area (Å²) in [6, 6.07) is 5.20. The molecule has 100 valence electrons. The van der Waals surface area contributed by atoms with Crippen LogP contribution in [0.15, 0.2) is 18.2 Å². The summed E-state index contributed by atoms with van der Waals surface area (Å²) in [6.07, 6.45) is 0. The molecule has 0 N–H and O–H groups in total. The highest BCUT2D eigenvalue weighted by Gasteiger charge is 2.20. The van der Waals surface area contributed by atoms with E-state index in [4.69, 9.17) is 9.47 Å². The summed E-state index contributed by atoms with van der Waals surface area (Å²) in [5, 5.41) is 0. The number of hydrogen-bond acceptors (Lipinski definition) is 4. The molecule has 1 aliphatic rings. The molecule has 5 heteroatoms. The van der Waals surface area contributed by atoms with Crippen LogP contribution in [0.3, 0.4) is 0 Å². The van der Waals surface area contributed by atoms with Crippen molar-refractivity contribution < 1.29 is 26.7 Å². The van der Waals surface area contributed by atoms with Crippen molar-refractivity contribution >= 4 is 5.78 Å². The number of fused-ring (bicyclic) bond motifs is 1. The fourth-order valence-electron chi connectivity index (χ4n) is 1.67. The second-order valence-corrected chi connectivity index (χ2v) is 4.36. The smallest absolute Gasteiger partial charge is 0.179 e. The number of benzene rings is 1. The molecule has 1 aliphatic heterocycles. The van der Waals surface area contributed by atoms with E-state index in [0.29, 0.717) is 30.3 Å². The van der Waals surface area contributed by atoms with Crippen LogP contribution in [-0.2, 0) is 0 Å². The average Bonchev–Trinajstić information content (AvgIpc) is 2.36. The minimum atomic E-state index is -0.141. The van der Waals surface area contributed by atoms with E-state index in [-0.39, 0.29) is 24.2 Å². The molecule has 0 spiro atoms. The number of carbonyl (C=O) groups excluding carboxylic acids is 1. The third kappa shape index (κ3) is 2.94. The van der Waals surface area contributed by atoms with Gasteiger partial charge in [-0.1, -0.05) is 0 Å². The Balaban J connectivity index is 0.00000162. The molecule has 1 aromatic carbocycles. The van der Waals surface area contributed by atoms with Crippen molar-refractivity contribution in [2.75, 3.05) is 27.3 Å². The summed E-state index contributed by atoms with van der Waals surface area (Å²) >= 11 is 0. The van der Waals surface area contributed by atoms with Gasteiger partial charge in [0.2, 0.25) is 0 Å². The molecule has 1 aromatic rings. The van der Waals surface area contributed by atoms with E-state index < -0.39 is 0 Å². The minimum absolute atomic E-state index is 0. The van der Waals surface area contributed by atoms with Crippen molar-refractivity contribution in [3.63, 3.8) is 0 Å². The SMILES string of the molecule is CC(C(=O)c1ccc2c(c1)OCCO2)N(C)C.[Cl-]. The molecule has 1 heterocycles. The highest BCUT2D eigenvalue weighted by atomic mass is 35.5. The summed E-state index contributed by atoms with van der Waals surface area (Å²) in [6.45, 7) is 2.99. The van der Waals surface area contributed by atoms with Crippen LogP contribution in [0.1, 0.15) is 17.3 Å². The number of nitrogens with zero attached hydrogens (tertiary/aromatic N) is 1. The fourth-order valence-corrected chi connectivity index (χ4v) is 1.67. The lowest BCUT2D eigenvalue weighted by Gasteiger charge is -2.21. The van der Waals surface area contributed by atoms with E-state index in [1.165, 1.54) is 0 Å². The molecule has 1 atom stereocenters. The van der Waals surface area contributed by atoms with Crippen molar-refractivity contribution in [1.29, 1.82) is 0 Å². The van der Waals surface area contributed by atoms with Gasteiger partial charge < -0.3 is 21.9 Å². The highest BCUT2D eigenvalue weighted by Crippen LogP contribution is 2.31. The van der Waals surface area contributed by atoms with Gasteiger partial charge in [0, 0.05) is 5.56 Å². The molecule has 1 unspecified atom stereocenters. The van der Waals surface area contributed by atoms with Crippen molar-refractivity contribution in [2.24, 2.45) is 0 Å². The Labute approximate surface area is 113 Å². The molecular weight excluding hydrogens is 254 g/mol. The molecule has 18 heavy (non-hydrogen) atoms. The number of likely N-dealkylation sites (N-methyl/N-ethyl adjacent to an activating group) is 1. The Morgan fingerprint density at radius 1 is 1.22 bits per heavy atom. The maximum Gasteiger partial charge on any atom is 0.179 e. The van der Waals surface area contributed by atoms with Gasteiger partial charge in [0.15, 0.2) is 17.3 Å². The largest absolute Gasteiger partial charge is 1.00 e. The number of Topliss-reactive ketones (excluding diaryl/α,β-unsaturated/α-hetero) is 1. The first-order chi connectivity index (χ1) is 8.09. The number of rotatable bonds is 3. The summed E-state index contributed by atoms with van der Waals surface area (Å²) in [5.41, 5.74) is 0.662. The molecule has 2 rings (SSSR count). The standard InChI is InChI=1S/C13H17NO3.ClH/c1-9(14(2)3)13(15)10-4-5-11-12(8-10)17-7-6-16-11;/h4-5,8-9H,6-7H2,1-3H3;1H/p-1. The summed E-state index contributed by atoms with van der Waals surface area (Å²) in [5.74, 6) is 1.46. The molecule has 0 bridgehead atoms. The second-order valence-electron chi connectivity index (χ2n) is 4.36. The third-order valence-corrected chi connectivity index (χ3v) is 2.98. The first kappa shape index (κ1) is 14.8. The minimum Gasteiger partial charge on any atom is -1.00 e. The van der Waals surface area contributed by atoms with Crippen LogP contribution in [0.4, 0.5) is 0 Å². The number of halogens is 1. The molecule has 0 radical (unpaired) electrons. The number of ether oxygens (including phenoxy) is 2. The van der Waals surface area contributed by atoms with Crippen LogP contribution in [0.25, 0.3) is 0 Å². The predicted molar refractivity (Wildman–Crippen MR) is 64.9 cm³/mol. The van der Waals surface area contributed by atoms with Crippen LogP contribution in [-0.4, -0.2) is 44.0 Å². The van der Waals surface area contributed by atoms with Crippen molar-refractivity contribution in [3.05, 3.63) is 23.8 Å². The van der Waals surface area contributed by atoms with Gasteiger partial charge in [0.25, 0.3) is 0 Å².